The molecule has 3 aromatic rings. The summed E-state index contributed by atoms with van der Waals surface area (Å²) >= 11 is 0. The molecule has 1 N–H and O–H groups in total. The molecule has 1 saturated heterocycles. The summed E-state index contributed by atoms with van der Waals surface area (Å²) < 4.78 is 31.6. The SMILES string of the molecule is CCOc1ccc(-c2ccc(CCC(=O)NCc3cc(F)cc(OCC(C)C)c3)nc2OCCN2CCN(C)CC2)cc1. The summed E-state index contributed by atoms with van der Waals surface area (Å²) in [6, 6.07) is 16.4. The zero-order valence-corrected chi connectivity index (χ0v) is 25.9. The van der Waals surface area contributed by atoms with Gasteiger partial charge in [-0.25, -0.2) is 9.37 Å². The number of amides is 1. The number of benzene rings is 2. The predicted molar refractivity (Wildman–Crippen MR) is 167 cm³/mol. The fourth-order valence-corrected chi connectivity index (χ4v) is 4.79. The summed E-state index contributed by atoms with van der Waals surface area (Å²) in [5.74, 6) is 1.65. The Labute approximate surface area is 255 Å². The number of hydrogen-bond donors (Lipinski definition) is 1. The molecule has 4 rings (SSSR count). The quantitative estimate of drug-likeness (QED) is 0.260. The molecule has 1 amide bonds. The zero-order valence-electron chi connectivity index (χ0n) is 25.9. The molecule has 9 heteroatoms. The number of carbonyl (C=O) groups excluding carboxylic acids is 1. The molecule has 1 aliphatic rings. The summed E-state index contributed by atoms with van der Waals surface area (Å²) in [4.78, 5) is 22.3. The van der Waals surface area contributed by atoms with Crippen LogP contribution in [0.5, 0.6) is 17.4 Å². The number of hydrogen-bond acceptors (Lipinski definition) is 7. The highest BCUT2D eigenvalue weighted by molar-refractivity contribution is 5.76. The van der Waals surface area contributed by atoms with Gasteiger partial charge in [0, 0.05) is 63.0 Å². The Hall–Kier alpha value is -3.69. The molecule has 1 aliphatic heterocycles. The van der Waals surface area contributed by atoms with E-state index in [2.05, 4.69) is 22.2 Å². The summed E-state index contributed by atoms with van der Waals surface area (Å²) in [6.45, 7) is 12.9. The van der Waals surface area contributed by atoms with E-state index < -0.39 is 0 Å². The van der Waals surface area contributed by atoms with Gasteiger partial charge in [0.15, 0.2) is 0 Å². The molecule has 0 aliphatic carbocycles. The molecular weight excluding hydrogens is 547 g/mol. The topological polar surface area (TPSA) is 76.2 Å². The first-order valence-electron chi connectivity index (χ1n) is 15.2. The molecule has 43 heavy (non-hydrogen) atoms. The van der Waals surface area contributed by atoms with Gasteiger partial charge in [0.1, 0.15) is 23.9 Å². The molecule has 0 spiro atoms. The fraction of sp³-hybridized carbons (Fsp3) is 0.471. The number of ether oxygens (including phenoxy) is 3. The number of aryl methyl sites for hydroxylation is 1. The fourth-order valence-electron chi connectivity index (χ4n) is 4.79. The lowest BCUT2D eigenvalue weighted by atomic mass is 10.1. The van der Waals surface area contributed by atoms with Gasteiger partial charge in [0.25, 0.3) is 0 Å². The molecule has 0 unspecified atom stereocenters. The van der Waals surface area contributed by atoms with Gasteiger partial charge in [-0.3, -0.25) is 9.69 Å². The van der Waals surface area contributed by atoms with Gasteiger partial charge in [-0.1, -0.05) is 26.0 Å². The van der Waals surface area contributed by atoms with Crippen LogP contribution in [-0.4, -0.2) is 80.3 Å². The zero-order chi connectivity index (χ0) is 30.6. The van der Waals surface area contributed by atoms with E-state index in [-0.39, 0.29) is 24.7 Å². The minimum Gasteiger partial charge on any atom is -0.494 e. The van der Waals surface area contributed by atoms with Gasteiger partial charge in [0.2, 0.25) is 11.8 Å². The van der Waals surface area contributed by atoms with Crippen molar-refractivity contribution in [2.45, 2.75) is 40.2 Å². The number of aromatic nitrogens is 1. The van der Waals surface area contributed by atoms with Crippen molar-refractivity contribution in [2.75, 3.05) is 59.6 Å². The van der Waals surface area contributed by atoms with Crippen LogP contribution in [0.1, 0.15) is 38.4 Å². The smallest absolute Gasteiger partial charge is 0.221 e. The van der Waals surface area contributed by atoms with Gasteiger partial charge >= 0.3 is 0 Å². The summed E-state index contributed by atoms with van der Waals surface area (Å²) in [6.07, 6.45) is 0.707. The molecule has 1 aromatic heterocycles. The average molecular weight is 593 g/mol. The Bertz CT molecular complexity index is 1310. The van der Waals surface area contributed by atoms with Crippen molar-refractivity contribution in [3.8, 4) is 28.5 Å². The second-order valence-electron chi connectivity index (χ2n) is 11.4. The van der Waals surface area contributed by atoms with Gasteiger partial charge in [0.05, 0.1) is 13.2 Å². The summed E-state index contributed by atoms with van der Waals surface area (Å²) in [5, 5.41) is 2.89. The number of halogens is 1. The number of likely N-dealkylation sites (N-methyl/N-ethyl adjacent to an activating group) is 1. The van der Waals surface area contributed by atoms with Crippen molar-refractivity contribution < 1.29 is 23.4 Å². The molecule has 0 bridgehead atoms. The van der Waals surface area contributed by atoms with Crippen LogP contribution in [0.4, 0.5) is 4.39 Å². The molecule has 1 fully saturated rings. The predicted octanol–water partition coefficient (Wildman–Crippen LogP) is 5.20. The van der Waals surface area contributed by atoms with Crippen molar-refractivity contribution in [2.24, 2.45) is 5.92 Å². The normalized spacial score (nSPS) is 14.1. The van der Waals surface area contributed by atoms with Crippen molar-refractivity contribution in [3.05, 3.63) is 71.7 Å². The van der Waals surface area contributed by atoms with E-state index in [1.165, 1.54) is 12.1 Å². The maximum atomic E-state index is 14.1. The van der Waals surface area contributed by atoms with Crippen LogP contribution in [0.25, 0.3) is 11.1 Å². The second-order valence-corrected chi connectivity index (χ2v) is 11.4. The molecule has 8 nitrogen and oxygen atoms in total. The van der Waals surface area contributed by atoms with E-state index in [0.717, 1.165) is 55.3 Å². The molecule has 0 saturated carbocycles. The lowest BCUT2D eigenvalue weighted by Crippen LogP contribution is -2.45. The van der Waals surface area contributed by atoms with Gasteiger partial charge in [-0.05, 0) is 73.8 Å². The van der Waals surface area contributed by atoms with E-state index in [9.17, 15) is 9.18 Å². The lowest BCUT2D eigenvalue weighted by molar-refractivity contribution is -0.121. The first-order chi connectivity index (χ1) is 20.8. The molecule has 2 aromatic carbocycles. The number of nitrogens with zero attached hydrogens (tertiary/aromatic N) is 3. The van der Waals surface area contributed by atoms with E-state index >= 15 is 0 Å². The molecular formula is C34H45FN4O4. The van der Waals surface area contributed by atoms with Crippen molar-refractivity contribution >= 4 is 5.91 Å². The summed E-state index contributed by atoms with van der Waals surface area (Å²) in [7, 11) is 2.15. The van der Waals surface area contributed by atoms with Crippen LogP contribution < -0.4 is 19.5 Å². The largest absolute Gasteiger partial charge is 0.494 e. The highest BCUT2D eigenvalue weighted by atomic mass is 19.1. The first kappa shape index (κ1) is 32.2. The van der Waals surface area contributed by atoms with E-state index in [0.29, 0.717) is 49.4 Å². The average Bonchev–Trinajstić information content (AvgIpc) is 2.99. The van der Waals surface area contributed by atoms with E-state index in [1.54, 1.807) is 6.07 Å². The minimum atomic E-state index is -0.387. The molecule has 0 atom stereocenters. The Balaban J connectivity index is 1.37. The number of nitrogens with one attached hydrogen (secondary N) is 1. The van der Waals surface area contributed by atoms with E-state index in [4.69, 9.17) is 19.2 Å². The van der Waals surface area contributed by atoms with Gasteiger partial charge in [-0.2, -0.15) is 0 Å². The maximum absolute atomic E-state index is 14.1. The Kier molecular flexibility index (Phi) is 12.2. The highest BCUT2D eigenvalue weighted by Gasteiger charge is 2.16. The number of pyridine rings is 1. The third-order valence-electron chi connectivity index (χ3n) is 7.25. The number of rotatable bonds is 15. The molecule has 2 heterocycles. The van der Waals surface area contributed by atoms with Crippen LogP contribution >= 0.6 is 0 Å². The Morgan fingerprint density at radius 3 is 2.47 bits per heavy atom. The van der Waals surface area contributed by atoms with Crippen molar-refractivity contribution in [1.82, 2.24) is 20.1 Å². The minimum absolute atomic E-state index is 0.135. The van der Waals surface area contributed by atoms with Crippen LogP contribution in [0.2, 0.25) is 0 Å². The molecule has 232 valence electrons. The first-order valence-corrected chi connectivity index (χ1v) is 15.2. The van der Waals surface area contributed by atoms with E-state index in [1.807, 2.05) is 57.2 Å². The second kappa shape index (κ2) is 16.2. The molecule has 0 radical (unpaired) electrons. The number of carbonyl (C=O) groups is 1. The van der Waals surface area contributed by atoms with Crippen molar-refractivity contribution in [3.63, 3.8) is 0 Å². The Morgan fingerprint density at radius 1 is 0.977 bits per heavy atom. The van der Waals surface area contributed by atoms with Crippen LogP contribution in [0.15, 0.2) is 54.6 Å². The van der Waals surface area contributed by atoms with Crippen molar-refractivity contribution in [1.29, 1.82) is 0 Å². The van der Waals surface area contributed by atoms with Gasteiger partial charge < -0.3 is 24.4 Å². The lowest BCUT2D eigenvalue weighted by Gasteiger charge is -2.32. The van der Waals surface area contributed by atoms with Crippen LogP contribution in [0.3, 0.4) is 0 Å². The third kappa shape index (κ3) is 10.5. The monoisotopic (exact) mass is 592 g/mol. The van der Waals surface area contributed by atoms with Crippen LogP contribution in [-0.2, 0) is 17.8 Å². The number of piperazine rings is 1. The van der Waals surface area contributed by atoms with Crippen LogP contribution in [0, 0.1) is 11.7 Å². The van der Waals surface area contributed by atoms with Gasteiger partial charge in [-0.15, -0.1) is 0 Å². The third-order valence-corrected chi connectivity index (χ3v) is 7.25. The standard InChI is InChI=1S/C34H45FN4O4/c1-5-41-30-10-6-27(7-11-30)32-12-8-29(37-34(32)42-19-18-39-16-14-38(4)15-17-39)9-13-33(40)36-23-26-20-28(35)22-31(21-26)43-24-25(2)3/h6-8,10-12,20-22,25H,5,9,13-19,23-24H2,1-4H3,(H,36,40). The maximum Gasteiger partial charge on any atom is 0.221 e. The Morgan fingerprint density at radius 2 is 1.74 bits per heavy atom. The highest BCUT2D eigenvalue weighted by Crippen LogP contribution is 2.30. The summed E-state index contributed by atoms with van der Waals surface area (Å²) in [5.41, 5.74) is 3.31.